The molecule has 1 atom stereocenters. The Kier molecular flexibility index (Phi) is 5.44. The number of fused-ring (bicyclic) bond motifs is 2. The van der Waals surface area contributed by atoms with Crippen molar-refractivity contribution in [1.82, 2.24) is 0 Å². The molecule has 2 aliphatic heterocycles. The molecule has 32 heavy (non-hydrogen) atoms. The molecule has 0 fully saturated rings. The largest absolute Gasteiger partial charge is 0.508 e. The quantitative estimate of drug-likeness (QED) is 0.422. The molecule has 164 valence electrons. The Morgan fingerprint density at radius 2 is 1.84 bits per heavy atom. The van der Waals surface area contributed by atoms with Gasteiger partial charge in [0.2, 0.25) is 0 Å². The van der Waals surface area contributed by atoms with E-state index in [4.69, 9.17) is 19.9 Å². The van der Waals surface area contributed by atoms with Crippen molar-refractivity contribution in [1.29, 1.82) is 0 Å². The van der Waals surface area contributed by atoms with Crippen LogP contribution in [0, 0.1) is 0 Å². The summed E-state index contributed by atoms with van der Waals surface area (Å²) in [6, 6.07) is 15.5. The molecular formula is C24H22N2O6. The average molecular weight is 434 g/mol. The molecule has 4 rings (SSSR count). The van der Waals surface area contributed by atoms with Gasteiger partial charge in [-0.15, -0.1) is 0 Å². The minimum atomic E-state index is -1.83. The number of carbonyl (C=O) groups excluding carboxylic acids is 2. The molecule has 0 aliphatic carbocycles. The number of nitrogens with two attached hydrogens (primary N) is 1. The Balaban J connectivity index is 1.94. The number of hydrogen-bond donors (Lipinski definition) is 2. The molecule has 0 aromatic heterocycles. The molecule has 0 unspecified atom stereocenters. The van der Waals surface area contributed by atoms with Gasteiger partial charge in [-0.1, -0.05) is 36.4 Å². The van der Waals surface area contributed by atoms with E-state index >= 15 is 0 Å². The van der Waals surface area contributed by atoms with Crippen LogP contribution in [-0.4, -0.2) is 36.1 Å². The van der Waals surface area contributed by atoms with E-state index in [1.54, 1.807) is 62.4 Å². The first-order chi connectivity index (χ1) is 15.4. The lowest BCUT2D eigenvalue weighted by atomic mass is 9.66. The second kappa shape index (κ2) is 8.22. The van der Waals surface area contributed by atoms with Crippen LogP contribution in [0.3, 0.4) is 0 Å². The zero-order chi connectivity index (χ0) is 22.9. The number of aliphatic hydroxyl groups is 1. The van der Waals surface area contributed by atoms with Gasteiger partial charge in [0.05, 0.1) is 23.5 Å². The normalized spacial score (nSPS) is 21.1. The van der Waals surface area contributed by atoms with Crippen LogP contribution in [0.4, 0.5) is 0 Å². The number of nitrogens with zero attached hydrogens (tertiary/aromatic N) is 1. The van der Waals surface area contributed by atoms with Crippen molar-refractivity contribution in [2.45, 2.75) is 19.3 Å². The summed E-state index contributed by atoms with van der Waals surface area (Å²) >= 11 is 0. The Morgan fingerprint density at radius 3 is 2.56 bits per heavy atom. The Hall–Kier alpha value is -4.07. The van der Waals surface area contributed by atoms with Crippen LogP contribution in [0.2, 0.25) is 0 Å². The highest BCUT2D eigenvalue weighted by Crippen LogP contribution is 2.52. The van der Waals surface area contributed by atoms with E-state index in [9.17, 15) is 14.7 Å². The van der Waals surface area contributed by atoms with Gasteiger partial charge >= 0.3 is 11.9 Å². The maximum atomic E-state index is 13.4. The first kappa shape index (κ1) is 21.2. The van der Waals surface area contributed by atoms with Gasteiger partial charge in [-0.25, -0.2) is 14.6 Å². The lowest BCUT2D eigenvalue weighted by Gasteiger charge is -2.34. The highest BCUT2D eigenvalue weighted by atomic mass is 16.5. The maximum absolute atomic E-state index is 13.4. The fourth-order valence-corrected chi connectivity index (χ4v) is 4.12. The van der Waals surface area contributed by atoms with Gasteiger partial charge in [0, 0.05) is 5.56 Å². The van der Waals surface area contributed by atoms with Crippen molar-refractivity contribution >= 4 is 17.8 Å². The van der Waals surface area contributed by atoms with Crippen molar-refractivity contribution in [3.63, 3.8) is 0 Å². The van der Waals surface area contributed by atoms with Crippen LogP contribution in [-0.2, 0) is 19.7 Å². The molecule has 0 saturated heterocycles. The number of esters is 2. The number of hydrogen-bond acceptors (Lipinski definition) is 8. The summed E-state index contributed by atoms with van der Waals surface area (Å²) in [6.07, 6.45) is 0. The summed E-state index contributed by atoms with van der Waals surface area (Å²) in [5.74, 6) is -1.22. The number of carbonyl (C=O) groups is 2. The van der Waals surface area contributed by atoms with E-state index in [0.717, 1.165) is 0 Å². The number of rotatable bonds is 5. The number of aliphatic hydroxyl groups excluding tert-OH is 1. The number of benzene rings is 2. The number of aliphatic imine (C=N–C) groups is 1. The number of allylic oxidation sites excluding steroid dienone is 1. The Bertz CT molecular complexity index is 1180. The summed E-state index contributed by atoms with van der Waals surface area (Å²) in [5.41, 5.74) is 4.86. The molecule has 2 heterocycles. The smallest absolute Gasteiger partial charge is 0.337 e. The van der Waals surface area contributed by atoms with E-state index < -0.39 is 17.4 Å². The third kappa shape index (κ3) is 3.20. The van der Waals surface area contributed by atoms with Crippen molar-refractivity contribution < 1.29 is 28.9 Å². The third-order valence-corrected chi connectivity index (χ3v) is 5.34. The molecule has 0 radical (unpaired) electrons. The van der Waals surface area contributed by atoms with Crippen molar-refractivity contribution in [3.8, 4) is 11.5 Å². The molecule has 1 spiro atoms. The van der Waals surface area contributed by atoms with Gasteiger partial charge in [0.15, 0.2) is 5.41 Å². The summed E-state index contributed by atoms with van der Waals surface area (Å²) in [4.78, 5) is 30.7. The molecular weight excluding hydrogens is 412 g/mol. The van der Waals surface area contributed by atoms with E-state index in [0.29, 0.717) is 11.3 Å². The van der Waals surface area contributed by atoms with Crippen molar-refractivity contribution in [2.75, 3.05) is 13.2 Å². The van der Waals surface area contributed by atoms with Gasteiger partial charge in [0.1, 0.15) is 29.7 Å². The summed E-state index contributed by atoms with van der Waals surface area (Å²) < 4.78 is 16.4. The van der Waals surface area contributed by atoms with Crippen LogP contribution in [0.1, 0.15) is 19.4 Å². The summed E-state index contributed by atoms with van der Waals surface area (Å²) in [7, 11) is 0. The Labute approximate surface area is 184 Å². The molecule has 8 nitrogen and oxygen atoms in total. The molecule has 0 bridgehead atoms. The van der Waals surface area contributed by atoms with Crippen LogP contribution in [0.25, 0.3) is 0 Å². The van der Waals surface area contributed by atoms with Gasteiger partial charge in [-0.2, -0.15) is 0 Å². The Morgan fingerprint density at radius 1 is 1.16 bits per heavy atom. The third-order valence-electron chi connectivity index (χ3n) is 5.34. The highest BCUT2D eigenvalue weighted by molar-refractivity contribution is 6.18. The van der Waals surface area contributed by atoms with E-state index in [-0.39, 0.29) is 47.4 Å². The topological polar surface area (TPSA) is 120 Å². The number of para-hydroxylation sites is 2. The minimum Gasteiger partial charge on any atom is -0.508 e. The van der Waals surface area contributed by atoms with Crippen LogP contribution in [0.15, 0.2) is 82.2 Å². The van der Waals surface area contributed by atoms with Crippen LogP contribution >= 0.6 is 0 Å². The fourth-order valence-electron chi connectivity index (χ4n) is 4.12. The minimum absolute atomic E-state index is 0.0511. The second-order valence-electron chi connectivity index (χ2n) is 7.24. The average Bonchev–Trinajstić information content (AvgIpc) is 3.05. The number of amidine groups is 1. The zero-order valence-electron chi connectivity index (χ0n) is 17.6. The van der Waals surface area contributed by atoms with Crippen molar-refractivity contribution in [3.05, 3.63) is 82.8 Å². The van der Waals surface area contributed by atoms with Gasteiger partial charge in [0.25, 0.3) is 0 Å². The predicted molar refractivity (Wildman–Crippen MR) is 116 cm³/mol. The van der Waals surface area contributed by atoms with Crippen LogP contribution < -0.4 is 15.2 Å². The standard InChI is InChI=1S/C24H22N2O6/c1-3-30-22(28)19-14(2)26-21(25)20(17(27)13-31-15-9-5-4-6-10-15)24(19)16-11-7-8-12-18(16)32-23(24)29/h4-12,27H,3,13H2,1-2H3,(H2,25,26)/b20-17-/t24-/m0/s1. The van der Waals surface area contributed by atoms with E-state index in [1.807, 2.05) is 6.07 Å². The second-order valence-corrected chi connectivity index (χ2v) is 7.24. The molecule has 0 saturated carbocycles. The molecule has 2 aromatic carbocycles. The molecule has 2 aliphatic rings. The zero-order valence-corrected chi connectivity index (χ0v) is 17.6. The molecule has 3 N–H and O–H groups in total. The highest BCUT2D eigenvalue weighted by Gasteiger charge is 2.61. The first-order valence-corrected chi connectivity index (χ1v) is 10.1. The SMILES string of the molecule is CCOC(=O)C1=C(C)N=C(N)/C(=C(/O)COc2ccccc2)[C@@]12C(=O)Oc1ccccc12. The van der Waals surface area contributed by atoms with Crippen LogP contribution in [0.5, 0.6) is 11.5 Å². The van der Waals surface area contributed by atoms with E-state index in [1.165, 1.54) is 0 Å². The number of ether oxygens (including phenoxy) is 3. The van der Waals surface area contributed by atoms with Gasteiger partial charge < -0.3 is 25.1 Å². The van der Waals surface area contributed by atoms with Gasteiger partial charge in [-0.3, -0.25) is 0 Å². The summed E-state index contributed by atoms with van der Waals surface area (Å²) in [5, 5.41) is 11.1. The predicted octanol–water partition coefficient (Wildman–Crippen LogP) is 2.94. The monoisotopic (exact) mass is 434 g/mol. The fraction of sp³-hybridized carbons (Fsp3) is 0.208. The molecule has 2 aromatic rings. The van der Waals surface area contributed by atoms with E-state index in [2.05, 4.69) is 4.99 Å². The lowest BCUT2D eigenvalue weighted by molar-refractivity contribution is -0.143. The van der Waals surface area contributed by atoms with Gasteiger partial charge in [-0.05, 0) is 32.0 Å². The van der Waals surface area contributed by atoms with Crippen molar-refractivity contribution in [2.24, 2.45) is 10.7 Å². The molecule has 0 amide bonds. The first-order valence-electron chi connectivity index (χ1n) is 10.1. The maximum Gasteiger partial charge on any atom is 0.337 e. The summed E-state index contributed by atoms with van der Waals surface area (Å²) in [6.45, 7) is 3.00. The lowest BCUT2D eigenvalue weighted by Crippen LogP contribution is -2.48. The molecule has 8 heteroatoms.